The van der Waals surface area contributed by atoms with Crippen LogP contribution in [0.4, 0.5) is 0 Å². The Hall–Kier alpha value is -2.00. The Kier molecular flexibility index (Phi) is 5.64. The third-order valence-electron chi connectivity index (χ3n) is 2.91. The monoisotopic (exact) mass is 304 g/mol. The van der Waals surface area contributed by atoms with E-state index in [1.54, 1.807) is 6.92 Å². The smallest absolute Gasteiger partial charge is 0.344 e. The van der Waals surface area contributed by atoms with E-state index in [1.807, 2.05) is 48.5 Å². The van der Waals surface area contributed by atoms with Crippen molar-refractivity contribution >= 4 is 17.6 Å². The van der Waals surface area contributed by atoms with Gasteiger partial charge in [0, 0.05) is 5.02 Å². The van der Waals surface area contributed by atoms with Crippen LogP contribution in [0.25, 0.3) is 0 Å². The Balaban J connectivity index is 1.89. The van der Waals surface area contributed by atoms with Crippen LogP contribution in [0.1, 0.15) is 18.1 Å². The van der Waals surface area contributed by atoms with E-state index in [2.05, 4.69) is 0 Å². The summed E-state index contributed by atoms with van der Waals surface area (Å²) in [6.45, 7) is 2.07. The predicted octanol–water partition coefficient (Wildman–Crippen LogP) is 3.87. The zero-order valence-electron chi connectivity index (χ0n) is 11.8. The van der Waals surface area contributed by atoms with E-state index in [0.29, 0.717) is 12.4 Å². The van der Waals surface area contributed by atoms with Gasteiger partial charge in [0.15, 0.2) is 6.61 Å². The third kappa shape index (κ3) is 5.12. The molecule has 2 aromatic carbocycles. The fourth-order valence-corrected chi connectivity index (χ4v) is 2.01. The molecule has 4 heteroatoms. The molecule has 0 heterocycles. The fraction of sp³-hybridized carbons (Fsp3) is 0.235. The van der Waals surface area contributed by atoms with E-state index >= 15 is 0 Å². The molecular weight excluding hydrogens is 288 g/mol. The largest absolute Gasteiger partial charge is 0.482 e. The molecule has 0 saturated heterocycles. The molecule has 0 unspecified atom stereocenters. The molecular formula is C17H17ClO3. The first kappa shape index (κ1) is 15.4. The van der Waals surface area contributed by atoms with Gasteiger partial charge >= 0.3 is 5.97 Å². The van der Waals surface area contributed by atoms with Crippen LogP contribution >= 0.6 is 11.6 Å². The SMILES string of the molecule is CCOC(=O)COc1ccc(Cc2ccc(Cl)cc2)cc1. The van der Waals surface area contributed by atoms with Gasteiger partial charge in [-0.05, 0) is 48.7 Å². The topological polar surface area (TPSA) is 35.5 Å². The van der Waals surface area contributed by atoms with Gasteiger partial charge in [0.1, 0.15) is 5.75 Å². The predicted molar refractivity (Wildman–Crippen MR) is 82.8 cm³/mol. The maximum atomic E-state index is 11.2. The van der Waals surface area contributed by atoms with Crippen molar-refractivity contribution in [1.29, 1.82) is 0 Å². The van der Waals surface area contributed by atoms with Crippen molar-refractivity contribution in [2.45, 2.75) is 13.3 Å². The molecule has 0 fully saturated rings. The van der Waals surface area contributed by atoms with Crippen molar-refractivity contribution in [2.24, 2.45) is 0 Å². The number of carbonyl (C=O) groups excluding carboxylic acids is 1. The van der Waals surface area contributed by atoms with E-state index < -0.39 is 0 Å². The normalized spacial score (nSPS) is 10.2. The van der Waals surface area contributed by atoms with Gasteiger partial charge in [0.05, 0.1) is 6.61 Å². The Morgan fingerprint density at radius 2 is 1.57 bits per heavy atom. The van der Waals surface area contributed by atoms with Crippen molar-refractivity contribution in [3.05, 3.63) is 64.7 Å². The molecule has 0 aliphatic carbocycles. The fourth-order valence-electron chi connectivity index (χ4n) is 1.89. The minimum Gasteiger partial charge on any atom is -0.482 e. The Morgan fingerprint density at radius 3 is 2.14 bits per heavy atom. The number of hydrogen-bond donors (Lipinski definition) is 0. The van der Waals surface area contributed by atoms with Crippen molar-refractivity contribution in [2.75, 3.05) is 13.2 Å². The van der Waals surface area contributed by atoms with Crippen LogP contribution in [0.5, 0.6) is 5.75 Å². The zero-order valence-corrected chi connectivity index (χ0v) is 12.6. The molecule has 0 N–H and O–H groups in total. The quantitative estimate of drug-likeness (QED) is 0.760. The van der Waals surface area contributed by atoms with Crippen LogP contribution in [-0.2, 0) is 16.0 Å². The molecule has 0 saturated carbocycles. The molecule has 0 radical (unpaired) electrons. The van der Waals surface area contributed by atoms with Crippen LogP contribution in [0, 0.1) is 0 Å². The number of halogens is 1. The summed E-state index contributed by atoms with van der Waals surface area (Å²) in [5, 5.41) is 0.737. The van der Waals surface area contributed by atoms with Gasteiger partial charge in [-0.2, -0.15) is 0 Å². The van der Waals surface area contributed by atoms with Gasteiger partial charge in [-0.1, -0.05) is 35.9 Å². The molecule has 0 aromatic heterocycles. The van der Waals surface area contributed by atoms with Gasteiger partial charge < -0.3 is 9.47 Å². The molecule has 110 valence electrons. The molecule has 0 spiro atoms. The van der Waals surface area contributed by atoms with Crippen LogP contribution in [-0.4, -0.2) is 19.2 Å². The molecule has 0 atom stereocenters. The number of ether oxygens (including phenoxy) is 2. The average Bonchev–Trinajstić information content (AvgIpc) is 2.49. The second kappa shape index (κ2) is 7.70. The Morgan fingerprint density at radius 1 is 1.00 bits per heavy atom. The molecule has 2 rings (SSSR count). The lowest BCUT2D eigenvalue weighted by molar-refractivity contribution is -0.145. The molecule has 0 aliphatic rings. The highest BCUT2D eigenvalue weighted by atomic mass is 35.5. The summed E-state index contributed by atoms with van der Waals surface area (Å²) in [4.78, 5) is 11.2. The summed E-state index contributed by atoms with van der Waals surface area (Å²) in [6.07, 6.45) is 0.829. The molecule has 2 aromatic rings. The standard InChI is InChI=1S/C17H17ClO3/c1-2-20-17(19)12-21-16-9-5-14(6-10-16)11-13-3-7-15(18)8-4-13/h3-10H,2,11-12H2,1H3. The van der Waals surface area contributed by atoms with Gasteiger partial charge in [-0.3, -0.25) is 0 Å². The van der Waals surface area contributed by atoms with Gasteiger partial charge in [-0.25, -0.2) is 4.79 Å². The lowest BCUT2D eigenvalue weighted by Gasteiger charge is -2.07. The summed E-state index contributed by atoms with van der Waals surface area (Å²) in [6, 6.07) is 15.4. The van der Waals surface area contributed by atoms with E-state index in [0.717, 1.165) is 11.4 Å². The highest BCUT2D eigenvalue weighted by molar-refractivity contribution is 6.30. The van der Waals surface area contributed by atoms with Crippen LogP contribution in [0.3, 0.4) is 0 Å². The van der Waals surface area contributed by atoms with E-state index in [9.17, 15) is 4.79 Å². The van der Waals surface area contributed by atoms with E-state index in [4.69, 9.17) is 21.1 Å². The summed E-state index contributed by atoms with van der Waals surface area (Å²) in [5.41, 5.74) is 2.36. The summed E-state index contributed by atoms with van der Waals surface area (Å²) >= 11 is 5.86. The van der Waals surface area contributed by atoms with Crippen molar-refractivity contribution < 1.29 is 14.3 Å². The summed E-state index contributed by atoms with van der Waals surface area (Å²) in [5.74, 6) is 0.297. The highest BCUT2D eigenvalue weighted by Crippen LogP contribution is 2.17. The first-order valence-corrected chi connectivity index (χ1v) is 7.17. The number of rotatable bonds is 6. The third-order valence-corrected chi connectivity index (χ3v) is 3.16. The number of esters is 1. The summed E-state index contributed by atoms with van der Waals surface area (Å²) < 4.78 is 10.2. The molecule has 0 aliphatic heterocycles. The maximum absolute atomic E-state index is 11.2. The maximum Gasteiger partial charge on any atom is 0.344 e. The number of benzene rings is 2. The Labute approximate surface area is 129 Å². The van der Waals surface area contributed by atoms with Gasteiger partial charge in [0.2, 0.25) is 0 Å². The van der Waals surface area contributed by atoms with Crippen LogP contribution < -0.4 is 4.74 Å². The molecule has 0 bridgehead atoms. The number of carbonyl (C=O) groups is 1. The Bertz CT molecular complexity index is 576. The first-order valence-electron chi connectivity index (χ1n) is 6.79. The highest BCUT2D eigenvalue weighted by Gasteiger charge is 2.03. The lowest BCUT2D eigenvalue weighted by atomic mass is 10.1. The minimum atomic E-state index is -0.359. The van der Waals surface area contributed by atoms with Crippen molar-refractivity contribution in [3.63, 3.8) is 0 Å². The van der Waals surface area contributed by atoms with Crippen molar-refractivity contribution in [1.82, 2.24) is 0 Å². The van der Waals surface area contributed by atoms with Crippen LogP contribution in [0.2, 0.25) is 5.02 Å². The zero-order chi connectivity index (χ0) is 15.1. The lowest BCUT2D eigenvalue weighted by Crippen LogP contribution is -2.14. The second-order valence-corrected chi connectivity index (χ2v) is 4.98. The number of hydrogen-bond acceptors (Lipinski definition) is 3. The molecule has 0 amide bonds. The van der Waals surface area contributed by atoms with Gasteiger partial charge in [0.25, 0.3) is 0 Å². The van der Waals surface area contributed by atoms with E-state index in [1.165, 1.54) is 11.1 Å². The average molecular weight is 305 g/mol. The van der Waals surface area contributed by atoms with Crippen molar-refractivity contribution in [3.8, 4) is 5.75 Å². The molecule has 21 heavy (non-hydrogen) atoms. The minimum absolute atomic E-state index is 0.0651. The summed E-state index contributed by atoms with van der Waals surface area (Å²) in [7, 11) is 0. The first-order chi connectivity index (χ1) is 10.2. The van der Waals surface area contributed by atoms with E-state index in [-0.39, 0.29) is 12.6 Å². The van der Waals surface area contributed by atoms with Gasteiger partial charge in [-0.15, -0.1) is 0 Å². The molecule has 3 nitrogen and oxygen atoms in total. The second-order valence-electron chi connectivity index (χ2n) is 4.54. The van der Waals surface area contributed by atoms with Crippen LogP contribution in [0.15, 0.2) is 48.5 Å².